The zero-order valence-electron chi connectivity index (χ0n) is 13.0. The van der Waals surface area contributed by atoms with E-state index >= 15 is 0 Å². The zero-order valence-corrected chi connectivity index (χ0v) is 13.0. The highest BCUT2D eigenvalue weighted by molar-refractivity contribution is 5.72. The lowest BCUT2D eigenvalue weighted by molar-refractivity contribution is -0.248. The Morgan fingerprint density at radius 3 is 1.92 bits per heavy atom. The van der Waals surface area contributed by atoms with E-state index in [0.29, 0.717) is 0 Å². The van der Waals surface area contributed by atoms with Crippen molar-refractivity contribution in [1.82, 2.24) is 0 Å². The van der Waals surface area contributed by atoms with Gasteiger partial charge in [0.2, 0.25) is 0 Å². The summed E-state index contributed by atoms with van der Waals surface area (Å²) in [6.45, 7) is -1.31. The molecule has 0 radical (unpaired) electrons. The molecular formula is C12H25NO12. The number of carboxylic acid groups (broad SMARTS) is 1. The Labute approximate surface area is 141 Å². The fourth-order valence-corrected chi connectivity index (χ4v) is 1.79. The van der Waals surface area contributed by atoms with Crippen LogP contribution in [0, 0.1) is 0 Å². The van der Waals surface area contributed by atoms with Gasteiger partial charge >= 0.3 is 5.97 Å². The van der Waals surface area contributed by atoms with Gasteiger partial charge in [-0.05, 0) is 0 Å². The molecule has 12 N–H and O–H groups in total. The number of ether oxygens (including phenoxy) is 1. The predicted molar refractivity (Wildman–Crippen MR) is 76.7 cm³/mol. The maximum atomic E-state index is 10.1. The van der Waals surface area contributed by atoms with E-state index in [2.05, 4.69) is 0 Å². The van der Waals surface area contributed by atoms with Crippen molar-refractivity contribution >= 4 is 5.97 Å². The van der Waals surface area contributed by atoms with Crippen LogP contribution in [0.15, 0.2) is 0 Å². The van der Waals surface area contributed by atoms with Crippen molar-refractivity contribution in [3.63, 3.8) is 0 Å². The summed E-state index contributed by atoms with van der Waals surface area (Å²) in [6, 6.07) is -1.04. The standard InChI is InChI=1S/C6H13NO5.C6H12O7/c7-3-5(10)4(9)2(1-8)12-6(3)11;7-1-2(8)3(9)4(10)5(11)6(12)13/h2-6,8-11H,1,7H2;2-5,7-11H,1H2,(H,12,13)/t2-,3-,4-,5-,6?;2-,3-,4+,5-/m11/s1. The SMILES string of the molecule is N[C@H]1C(O)O[C@H](CO)[C@@H](O)[C@@H]1O.O=C(O)[C@H](O)[C@@H](O)[C@H](O)[C@H](O)CO. The Morgan fingerprint density at radius 2 is 1.52 bits per heavy atom. The van der Waals surface area contributed by atoms with Gasteiger partial charge in [-0.15, -0.1) is 0 Å². The van der Waals surface area contributed by atoms with Crippen LogP contribution >= 0.6 is 0 Å². The monoisotopic (exact) mass is 375 g/mol. The van der Waals surface area contributed by atoms with Gasteiger partial charge < -0.3 is 61.5 Å². The number of aliphatic hydroxyl groups excluding tert-OH is 9. The summed E-state index contributed by atoms with van der Waals surface area (Å²) in [4.78, 5) is 10.1. The maximum absolute atomic E-state index is 10.1. The molecule has 1 fully saturated rings. The molecule has 0 bridgehead atoms. The second kappa shape index (κ2) is 10.9. The highest BCUT2D eigenvalue weighted by Crippen LogP contribution is 2.17. The van der Waals surface area contributed by atoms with Crippen molar-refractivity contribution in [1.29, 1.82) is 0 Å². The van der Waals surface area contributed by atoms with E-state index < -0.39 is 74.2 Å². The molecule has 0 aromatic carbocycles. The molecule has 1 saturated heterocycles. The van der Waals surface area contributed by atoms with Crippen LogP contribution in [0.4, 0.5) is 0 Å². The summed E-state index contributed by atoms with van der Waals surface area (Å²) >= 11 is 0. The topological polar surface area (TPSA) is 255 Å². The maximum Gasteiger partial charge on any atom is 0.335 e. The van der Waals surface area contributed by atoms with Gasteiger partial charge in [-0.25, -0.2) is 4.79 Å². The predicted octanol–water partition coefficient (Wildman–Crippen LogP) is -6.75. The summed E-state index contributed by atoms with van der Waals surface area (Å²) in [5.41, 5.74) is 5.26. The van der Waals surface area contributed by atoms with E-state index in [0.717, 1.165) is 0 Å². The normalized spacial score (nSPS) is 34.2. The number of nitrogens with two attached hydrogens (primary N) is 1. The number of aliphatic carboxylic acids is 1. The minimum Gasteiger partial charge on any atom is -0.479 e. The summed E-state index contributed by atoms with van der Waals surface area (Å²) in [6.07, 6.45) is -12.7. The molecule has 0 aliphatic carbocycles. The van der Waals surface area contributed by atoms with Crippen LogP contribution in [-0.4, -0.2) is 125 Å². The smallest absolute Gasteiger partial charge is 0.335 e. The lowest BCUT2D eigenvalue weighted by atomic mass is 9.98. The highest BCUT2D eigenvalue weighted by atomic mass is 16.6. The lowest BCUT2D eigenvalue weighted by Gasteiger charge is -2.38. The summed E-state index contributed by atoms with van der Waals surface area (Å²) in [7, 11) is 0. The molecule has 25 heavy (non-hydrogen) atoms. The van der Waals surface area contributed by atoms with Crippen molar-refractivity contribution in [2.45, 2.75) is 55.1 Å². The molecule has 1 rings (SSSR count). The first-order chi connectivity index (χ1) is 11.5. The molecule has 13 nitrogen and oxygen atoms in total. The molecule has 1 aliphatic heterocycles. The Balaban J connectivity index is 0.000000462. The van der Waals surface area contributed by atoms with Crippen LogP contribution in [0.5, 0.6) is 0 Å². The number of hydrogen-bond acceptors (Lipinski definition) is 12. The largest absolute Gasteiger partial charge is 0.479 e. The van der Waals surface area contributed by atoms with Crippen molar-refractivity contribution < 1.29 is 60.6 Å². The quantitative estimate of drug-likeness (QED) is 0.206. The van der Waals surface area contributed by atoms with Gasteiger partial charge in [0, 0.05) is 0 Å². The molecule has 1 heterocycles. The van der Waals surface area contributed by atoms with Crippen LogP contribution in [-0.2, 0) is 9.53 Å². The van der Waals surface area contributed by atoms with Crippen LogP contribution in [0.2, 0.25) is 0 Å². The molecule has 0 spiro atoms. The van der Waals surface area contributed by atoms with E-state index in [1.807, 2.05) is 0 Å². The first kappa shape index (κ1) is 24.0. The molecule has 0 aromatic rings. The number of hydrogen-bond donors (Lipinski definition) is 11. The van der Waals surface area contributed by atoms with E-state index in [4.69, 9.17) is 51.3 Å². The number of aliphatic hydroxyl groups is 9. The highest BCUT2D eigenvalue weighted by Gasteiger charge is 2.41. The molecule has 0 aromatic heterocycles. The fourth-order valence-electron chi connectivity index (χ4n) is 1.79. The van der Waals surface area contributed by atoms with Gasteiger partial charge in [-0.2, -0.15) is 0 Å². The molecule has 1 aliphatic rings. The summed E-state index contributed by atoms with van der Waals surface area (Å²) < 4.78 is 4.70. The van der Waals surface area contributed by atoms with Gasteiger partial charge in [-0.1, -0.05) is 0 Å². The van der Waals surface area contributed by atoms with Crippen molar-refractivity contribution in [2.75, 3.05) is 13.2 Å². The van der Waals surface area contributed by atoms with E-state index in [1.54, 1.807) is 0 Å². The molecule has 1 unspecified atom stereocenters. The molecule has 0 amide bonds. The summed E-state index contributed by atoms with van der Waals surface area (Å²) in [5.74, 6) is -1.73. The molecular weight excluding hydrogens is 350 g/mol. The molecule has 0 saturated carbocycles. The van der Waals surface area contributed by atoms with Crippen molar-refractivity contribution in [2.24, 2.45) is 5.73 Å². The van der Waals surface area contributed by atoms with Crippen molar-refractivity contribution in [3.05, 3.63) is 0 Å². The number of carbonyl (C=O) groups is 1. The third-order valence-corrected chi connectivity index (χ3v) is 3.46. The number of carboxylic acids is 1. The lowest BCUT2D eigenvalue weighted by Crippen LogP contribution is -2.61. The summed E-state index contributed by atoms with van der Waals surface area (Å²) in [5, 5.41) is 87.9. The fraction of sp³-hybridized carbons (Fsp3) is 0.917. The van der Waals surface area contributed by atoms with E-state index in [-0.39, 0.29) is 0 Å². The van der Waals surface area contributed by atoms with E-state index in [9.17, 15) is 15.0 Å². The Bertz CT molecular complexity index is 394. The van der Waals surface area contributed by atoms with Crippen LogP contribution < -0.4 is 5.73 Å². The Kier molecular flexibility index (Phi) is 10.5. The average Bonchev–Trinajstić information content (AvgIpc) is 2.60. The van der Waals surface area contributed by atoms with Crippen LogP contribution in [0.1, 0.15) is 0 Å². The number of rotatable bonds is 6. The minimum atomic E-state index is -2.20. The van der Waals surface area contributed by atoms with Gasteiger partial charge in [-0.3, -0.25) is 0 Å². The first-order valence-corrected chi connectivity index (χ1v) is 7.11. The van der Waals surface area contributed by atoms with Gasteiger partial charge in [0.1, 0.15) is 36.6 Å². The van der Waals surface area contributed by atoms with Gasteiger partial charge in [0.05, 0.1) is 19.3 Å². The van der Waals surface area contributed by atoms with Crippen molar-refractivity contribution in [3.8, 4) is 0 Å². The van der Waals surface area contributed by atoms with Crippen LogP contribution in [0.25, 0.3) is 0 Å². The third-order valence-electron chi connectivity index (χ3n) is 3.46. The van der Waals surface area contributed by atoms with Gasteiger partial charge in [0.25, 0.3) is 0 Å². The van der Waals surface area contributed by atoms with Gasteiger partial charge in [0.15, 0.2) is 12.4 Å². The molecule has 150 valence electrons. The third kappa shape index (κ3) is 6.69. The minimum absolute atomic E-state index is 0.470. The average molecular weight is 375 g/mol. The second-order valence-corrected chi connectivity index (χ2v) is 5.32. The van der Waals surface area contributed by atoms with E-state index in [1.165, 1.54) is 0 Å². The first-order valence-electron chi connectivity index (χ1n) is 7.11. The Hall–Kier alpha value is -0.970. The Morgan fingerprint density at radius 1 is 1.00 bits per heavy atom. The molecule has 13 heteroatoms. The zero-order chi connectivity index (χ0) is 19.9. The molecule has 9 atom stereocenters. The second-order valence-electron chi connectivity index (χ2n) is 5.32. The van der Waals surface area contributed by atoms with Crippen LogP contribution in [0.3, 0.4) is 0 Å².